The lowest BCUT2D eigenvalue weighted by molar-refractivity contribution is -0.137. The smallest absolute Gasteiger partial charge is 0.416 e. The maximum absolute atomic E-state index is 14.5. The van der Waals surface area contributed by atoms with Gasteiger partial charge in [0.25, 0.3) is 0 Å². The van der Waals surface area contributed by atoms with E-state index in [0.29, 0.717) is 44.2 Å². The summed E-state index contributed by atoms with van der Waals surface area (Å²) in [4.78, 5) is 24.0. The molecule has 0 radical (unpaired) electrons. The number of ketones is 1. The maximum atomic E-state index is 14.5. The first-order valence-electron chi connectivity index (χ1n) is 18.5. The third-order valence-corrected chi connectivity index (χ3v) is 12.3. The van der Waals surface area contributed by atoms with E-state index in [9.17, 15) is 28.2 Å². The van der Waals surface area contributed by atoms with Gasteiger partial charge in [-0.05, 0) is 118 Å². The highest BCUT2D eigenvalue weighted by molar-refractivity contribution is 6.33. The average Bonchev–Trinajstić information content (AvgIpc) is 3.69. The van der Waals surface area contributed by atoms with E-state index in [1.54, 1.807) is 0 Å². The molecule has 2 N–H and O–H groups in total. The number of carbonyl (C=O) groups excluding carboxylic acids is 1. The largest absolute Gasteiger partial charge is 0.453 e. The second-order valence-electron chi connectivity index (χ2n) is 15.4. The second kappa shape index (κ2) is 14.3. The fourth-order valence-corrected chi connectivity index (χ4v) is 9.21. The van der Waals surface area contributed by atoms with Crippen LogP contribution in [0.1, 0.15) is 104 Å². The van der Waals surface area contributed by atoms with Crippen LogP contribution in [0.3, 0.4) is 0 Å². The number of rotatable bonds is 5. The predicted molar refractivity (Wildman–Crippen MR) is 196 cm³/mol. The highest BCUT2D eigenvalue weighted by Gasteiger charge is 2.58. The molecule has 11 heteroatoms. The average molecular weight is 738 g/mol. The molecule has 3 aliphatic carbocycles. The van der Waals surface area contributed by atoms with Gasteiger partial charge >= 0.3 is 6.18 Å². The molecule has 4 atom stereocenters. The number of fused-ring (bicyclic) bond motifs is 9. The van der Waals surface area contributed by atoms with Gasteiger partial charge in [0, 0.05) is 42.7 Å². The van der Waals surface area contributed by atoms with E-state index in [1.807, 2.05) is 18.2 Å². The minimum atomic E-state index is -4.58. The molecule has 3 aromatic rings. The van der Waals surface area contributed by atoms with E-state index in [1.165, 1.54) is 23.8 Å². The number of alkyl halides is 3. The molecule has 2 aromatic carbocycles. The lowest BCUT2D eigenvalue weighted by Crippen LogP contribution is -2.59. The van der Waals surface area contributed by atoms with Crippen molar-refractivity contribution in [3.63, 3.8) is 0 Å². The highest BCUT2D eigenvalue weighted by Crippen LogP contribution is 2.59. The van der Waals surface area contributed by atoms with Gasteiger partial charge in [0.15, 0.2) is 11.7 Å². The Morgan fingerprint density at radius 2 is 1.87 bits per heavy atom. The number of allylic oxidation sites excluding steroid dienone is 2. The van der Waals surface area contributed by atoms with Crippen molar-refractivity contribution in [1.82, 2.24) is 9.80 Å². The molecule has 278 valence electrons. The zero-order chi connectivity index (χ0) is 36.8. The minimum absolute atomic E-state index is 0.0271. The van der Waals surface area contributed by atoms with Crippen LogP contribution < -0.4 is 0 Å². The Morgan fingerprint density at radius 1 is 1.06 bits per heavy atom. The molecule has 1 saturated heterocycles. The first-order chi connectivity index (χ1) is 24.8. The van der Waals surface area contributed by atoms with Gasteiger partial charge in [-0.1, -0.05) is 42.3 Å². The number of aliphatic hydroxyl groups is 2. The molecular weight excluding hydrogens is 691 g/mol. The van der Waals surface area contributed by atoms with E-state index >= 15 is 0 Å². The SMILES string of the molecule is CC1=CCC[C@@]2(C)[C@@H](CC[C@@]2(O)CN2CCCN3CCCN=C32)c2ccc(cc2C(=O)c2ccc(-c3cc(C(F)(F)F)ccc3Cl)o2)C[C@@H](O)CC1. The van der Waals surface area contributed by atoms with Gasteiger partial charge in [0.1, 0.15) is 5.76 Å². The summed E-state index contributed by atoms with van der Waals surface area (Å²) in [7, 11) is 0. The summed E-state index contributed by atoms with van der Waals surface area (Å²) in [5.41, 5.74) is 0.677. The third-order valence-electron chi connectivity index (χ3n) is 12.0. The van der Waals surface area contributed by atoms with Crippen LogP contribution in [0.5, 0.6) is 0 Å². The number of aliphatic hydroxyl groups excluding tert-OH is 1. The van der Waals surface area contributed by atoms with Gasteiger partial charge in [-0.2, -0.15) is 13.2 Å². The molecule has 1 saturated carbocycles. The molecule has 5 aliphatic rings. The van der Waals surface area contributed by atoms with Gasteiger partial charge < -0.3 is 24.4 Å². The van der Waals surface area contributed by atoms with Crippen molar-refractivity contribution in [1.29, 1.82) is 0 Å². The van der Waals surface area contributed by atoms with E-state index in [4.69, 9.17) is 21.0 Å². The summed E-state index contributed by atoms with van der Waals surface area (Å²) in [6.45, 7) is 8.26. The van der Waals surface area contributed by atoms with Crippen LogP contribution in [-0.2, 0) is 12.6 Å². The summed E-state index contributed by atoms with van der Waals surface area (Å²) in [6, 6.07) is 11.7. The Labute approximate surface area is 308 Å². The molecule has 0 spiro atoms. The van der Waals surface area contributed by atoms with Crippen LogP contribution in [0.25, 0.3) is 11.3 Å². The van der Waals surface area contributed by atoms with Crippen LogP contribution in [0, 0.1) is 5.41 Å². The molecule has 52 heavy (non-hydrogen) atoms. The fourth-order valence-electron chi connectivity index (χ4n) is 8.99. The van der Waals surface area contributed by atoms with Crippen molar-refractivity contribution >= 4 is 23.3 Å². The molecule has 2 fully saturated rings. The number of hydrogen-bond acceptors (Lipinski definition) is 7. The molecule has 1 aromatic heterocycles. The molecular formula is C41H47ClF3N3O4. The minimum Gasteiger partial charge on any atom is -0.453 e. The number of aliphatic imine (C=N–C) groups is 1. The summed E-state index contributed by atoms with van der Waals surface area (Å²) in [6.07, 6.45) is 3.38. The summed E-state index contributed by atoms with van der Waals surface area (Å²) in [5, 5.41) is 23.9. The Bertz CT molecular complexity index is 1890. The number of hydrogen-bond donors (Lipinski definition) is 2. The van der Waals surface area contributed by atoms with Gasteiger partial charge in [-0.15, -0.1) is 0 Å². The molecule has 0 amide bonds. The number of β-amino-alcohol motifs (C(OH)–C–C–N with tert-alkyl or cyclic N) is 1. The molecule has 7 nitrogen and oxygen atoms in total. The number of guanidine groups is 1. The lowest BCUT2D eigenvalue weighted by atomic mass is 9.64. The van der Waals surface area contributed by atoms with Crippen molar-refractivity contribution in [3.05, 3.63) is 93.2 Å². The number of nitrogens with zero attached hydrogens (tertiary/aromatic N) is 3. The van der Waals surface area contributed by atoms with E-state index in [-0.39, 0.29) is 28.0 Å². The first-order valence-corrected chi connectivity index (χ1v) is 18.9. The number of furan rings is 1. The Hall–Kier alpha value is -3.60. The van der Waals surface area contributed by atoms with Crippen molar-refractivity contribution in [2.24, 2.45) is 10.4 Å². The van der Waals surface area contributed by atoms with Crippen molar-refractivity contribution in [2.45, 2.75) is 95.4 Å². The summed E-state index contributed by atoms with van der Waals surface area (Å²) >= 11 is 6.32. The van der Waals surface area contributed by atoms with Crippen LogP contribution >= 0.6 is 11.6 Å². The summed E-state index contributed by atoms with van der Waals surface area (Å²) in [5.74, 6) is 0.403. The predicted octanol–water partition coefficient (Wildman–Crippen LogP) is 8.66. The van der Waals surface area contributed by atoms with E-state index in [0.717, 1.165) is 81.1 Å². The van der Waals surface area contributed by atoms with Gasteiger partial charge in [-0.3, -0.25) is 9.79 Å². The van der Waals surface area contributed by atoms with Crippen LogP contribution in [0.4, 0.5) is 13.2 Å². The quantitative estimate of drug-likeness (QED) is 0.201. The van der Waals surface area contributed by atoms with Gasteiger partial charge in [0.05, 0.1) is 28.8 Å². The van der Waals surface area contributed by atoms with Crippen molar-refractivity contribution in [2.75, 3.05) is 32.7 Å². The first kappa shape index (κ1) is 36.7. The van der Waals surface area contributed by atoms with E-state index in [2.05, 4.69) is 29.7 Å². The Kier molecular flexibility index (Phi) is 10.1. The Morgan fingerprint density at radius 3 is 2.67 bits per heavy atom. The molecule has 8 rings (SSSR count). The van der Waals surface area contributed by atoms with Crippen molar-refractivity contribution < 1.29 is 32.6 Å². The number of carbonyl (C=O) groups is 1. The second-order valence-corrected chi connectivity index (χ2v) is 15.8. The van der Waals surface area contributed by atoms with Crippen molar-refractivity contribution in [3.8, 4) is 11.3 Å². The Balaban J connectivity index is 1.28. The zero-order valence-electron chi connectivity index (χ0n) is 29.8. The standard InChI is InChI=1S/C41H47ClF3N3O4/c1-26-6-3-16-39(2)33(15-17-40(39,51)25-48-21-5-20-47-19-4-18-46-38(47)48)30-11-8-27(22-29(49)10-7-26)23-31(30)37(50)36-14-13-35(52-36)32-24-28(41(43,44)45)9-12-34(32)42/h6,8-9,11-14,23-24,29,33,49,51H,3-5,7,10,15-22,25H2,1-2H3/t29-,33-,39-,40+/m0/s1. The molecule has 3 heterocycles. The monoisotopic (exact) mass is 737 g/mol. The van der Waals surface area contributed by atoms with Crippen LogP contribution in [-0.4, -0.2) is 76.2 Å². The van der Waals surface area contributed by atoms with Crippen LogP contribution in [0.15, 0.2) is 69.6 Å². The van der Waals surface area contributed by atoms with E-state index < -0.39 is 34.6 Å². The number of benzene rings is 2. The van der Waals surface area contributed by atoms with Crippen LogP contribution in [0.2, 0.25) is 5.02 Å². The van der Waals surface area contributed by atoms with Gasteiger partial charge in [0.2, 0.25) is 5.78 Å². The fraction of sp³-hybridized carbons (Fsp3) is 0.512. The maximum Gasteiger partial charge on any atom is 0.416 e. The normalized spacial score (nSPS) is 27.1. The molecule has 2 aliphatic heterocycles. The zero-order valence-corrected chi connectivity index (χ0v) is 30.6. The molecule has 0 unspecified atom stereocenters. The summed E-state index contributed by atoms with van der Waals surface area (Å²) < 4.78 is 46.7. The highest BCUT2D eigenvalue weighted by atomic mass is 35.5. The number of halogens is 4. The topological polar surface area (TPSA) is 89.5 Å². The third kappa shape index (κ3) is 7.06. The lowest BCUT2D eigenvalue weighted by Gasteiger charge is -2.49. The molecule has 2 bridgehead atoms. The van der Waals surface area contributed by atoms with Gasteiger partial charge in [-0.25, -0.2) is 0 Å².